The van der Waals surface area contributed by atoms with Crippen LogP contribution in [0.4, 0.5) is 0 Å². The molecule has 0 spiro atoms. The van der Waals surface area contributed by atoms with E-state index in [2.05, 4.69) is 48.5 Å². The van der Waals surface area contributed by atoms with E-state index in [0.29, 0.717) is 0 Å². The van der Waals surface area contributed by atoms with E-state index in [1.807, 2.05) is 36.4 Å². The molecule has 0 N–H and O–H groups in total. The summed E-state index contributed by atoms with van der Waals surface area (Å²) in [6.07, 6.45) is 0. The molecule has 0 nitrogen and oxygen atoms in total. The van der Waals surface area contributed by atoms with E-state index in [-0.39, 0.29) is 0 Å². The molecule has 102 valence electrons. The minimum Gasteiger partial charge on any atom is -0.0531 e. The van der Waals surface area contributed by atoms with Crippen molar-refractivity contribution in [1.29, 1.82) is 0 Å². The smallest absolute Gasteiger partial charge is 0.0000469 e. The van der Waals surface area contributed by atoms with Crippen LogP contribution in [-0.2, 0) is 0 Å². The number of benzene rings is 6. The summed E-state index contributed by atoms with van der Waals surface area (Å²) in [5, 5.41) is 10.8. The Kier molecular flexibility index (Phi) is 2.18. The van der Waals surface area contributed by atoms with Gasteiger partial charge in [0.25, 0.3) is 0 Å². The zero-order chi connectivity index (χ0) is 15.7. The number of rotatable bonds is 0. The van der Waals surface area contributed by atoms with Crippen LogP contribution in [0.15, 0.2) is 36.4 Å². The maximum absolute atomic E-state index is 3.55. The molecule has 6 rings (SSSR count). The van der Waals surface area contributed by atoms with Crippen molar-refractivity contribution in [1.82, 2.24) is 0 Å². The predicted octanol–water partition coefficient (Wildman–Crippen LogP) is 5.29. The van der Waals surface area contributed by atoms with Crippen LogP contribution >= 0.6 is 0 Å². The van der Waals surface area contributed by atoms with Crippen LogP contribution < -0.4 is 0 Å². The highest BCUT2D eigenvalue weighted by atomic mass is 14.2. The topological polar surface area (TPSA) is 0 Å². The van der Waals surface area contributed by atoms with E-state index >= 15 is 0 Å². The zero-order valence-electron chi connectivity index (χ0n) is 12.5. The lowest BCUT2D eigenvalue weighted by atomic mass is 9.87. The second-order valence-electron chi connectivity index (χ2n) is 5.93. The Bertz CT molecular complexity index is 1390. The molecule has 6 aromatic carbocycles. The molecule has 0 fully saturated rings. The lowest BCUT2D eigenvalue weighted by Crippen LogP contribution is -1.89. The van der Waals surface area contributed by atoms with Gasteiger partial charge in [0, 0.05) is 0 Å². The Morgan fingerprint density at radius 3 is 2.38 bits per heavy atom. The van der Waals surface area contributed by atoms with Gasteiger partial charge in [-0.15, -0.1) is 0 Å². The molecule has 0 atom stereocenters. The van der Waals surface area contributed by atoms with Crippen molar-refractivity contribution >= 4 is 53.9 Å². The maximum Gasteiger partial charge on any atom is -0.0000469 e. The summed E-state index contributed by atoms with van der Waals surface area (Å²) in [6, 6.07) is 37.8. The first-order valence-corrected chi connectivity index (χ1v) is 7.72. The second-order valence-corrected chi connectivity index (χ2v) is 5.93. The van der Waals surface area contributed by atoms with E-state index in [1.165, 1.54) is 5.39 Å². The van der Waals surface area contributed by atoms with E-state index in [9.17, 15) is 0 Å². The third-order valence-corrected chi connectivity index (χ3v) is 4.73. The average molecular weight is 294 g/mol. The number of hydrogen-bond acceptors (Lipinski definition) is 0. The van der Waals surface area contributed by atoms with Gasteiger partial charge in [0.15, 0.2) is 0 Å². The zero-order valence-corrected chi connectivity index (χ0v) is 12.5. The molecule has 6 aromatic rings. The molecule has 0 heteroatoms. The van der Waals surface area contributed by atoms with Gasteiger partial charge in [-0.1, -0.05) is 12.1 Å². The Morgan fingerprint density at radius 2 is 1.42 bits per heavy atom. The van der Waals surface area contributed by atoms with Gasteiger partial charge < -0.3 is 0 Å². The summed E-state index contributed by atoms with van der Waals surface area (Å²) in [6.45, 7) is 0. The number of fused-ring (bicyclic) bond motifs is 5. The maximum atomic E-state index is 3.55. The molecular weight excluding hydrogens is 288 g/mol. The number of hydrogen-bond donors (Lipinski definition) is 0. The summed E-state index contributed by atoms with van der Waals surface area (Å²) in [5.74, 6) is 0. The van der Waals surface area contributed by atoms with Crippen molar-refractivity contribution in [3.63, 3.8) is 0 Å². The van der Waals surface area contributed by atoms with Gasteiger partial charge in [-0.05, 0) is 127 Å². The molecule has 0 unspecified atom stereocenters. The van der Waals surface area contributed by atoms with Crippen molar-refractivity contribution in [2.45, 2.75) is 0 Å². The Morgan fingerprint density at radius 1 is 0.583 bits per heavy atom. The van der Waals surface area contributed by atoms with Crippen molar-refractivity contribution in [2.24, 2.45) is 0 Å². The van der Waals surface area contributed by atoms with Gasteiger partial charge >= 0.3 is 0 Å². The molecule has 0 saturated carbocycles. The monoisotopic (exact) mass is 294 g/mol. The van der Waals surface area contributed by atoms with E-state index in [1.54, 1.807) is 0 Å². The first-order chi connectivity index (χ1) is 11.9. The highest BCUT2D eigenvalue weighted by molar-refractivity contribution is 6.36. The van der Waals surface area contributed by atoms with Crippen molar-refractivity contribution in [3.05, 3.63) is 84.9 Å². The fraction of sp³-hybridized carbons (Fsp3) is 0. The molecule has 0 aromatic heterocycles. The summed E-state index contributed by atoms with van der Waals surface area (Å²) in [7, 11) is 0. The van der Waals surface area contributed by atoms with Crippen LogP contribution in [0.1, 0.15) is 0 Å². The SMILES string of the molecule is [c]1[c]cc2c(c1)c1[c]c3[c]cc[c]c3c3[c]cc4[c][c]cc2c4c31. The first kappa shape index (κ1) is 12.3. The lowest BCUT2D eigenvalue weighted by Gasteiger charge is -2.15. The van der Waals surface area contributed by atoms with Gasteiger partial charge in [-0.3, -0.25) is 0 Å². The van der Waals surface area contributed by atoms with E-state index in [0.717, 1.165) is 48.5 Å². The minimum absolute atomic E-state index is 0.935. The van der Waals surface area contributed by atoms with Gasteiger partial charge in [0.2, 0.25) is 0 Å². The summed E-state index contributed by atoms with van der Waals surface area (Å²) in [5.41, 5.74) is 0. The van der Waals surface area contributed by atoms with Gasteiger partial charge in [0.1, 0.15) is 0 Å². The predicted molar refractivity (Wildman–Crippen MR) is 95.8 cm³/mol. The fourth-order valence-electron chi connectivity index (χ4n) is 3.74. The van der Waals surface area contributed by atoms with Gasteiger partial charge in [0.05, 0.1) is 0 Å². The molecule has 0 aliphatic carbocycles. The fourth-order valence-corrected chi connectivity index (χ4v) is 3.74. The lowest BCUT2D eigenvalue weighted by molar-refractivity contribution is 1.74. The van der Waals surface area contributed by atoms with Crippen LogP contribution in [0.5, 0.6) is 0 Å². The molecule has 24 heavy (non-hydrogen) atoms. The van der Waals surface area contributed by atoms with E-state index in [4.69, 9.17) is 0 Å². The normalized spacial score (nSPS) is 12.2. The van der Waals surface area contributed by atoms with Crippen LogP contribution in [0.3, 0.4) is 0 Å². The molecule has 0 aliphatic heterocycles. The second kappa shape index (κ2) is 4.24. The first-order valence-electron chi connectivity index (χ1n) is 7.72. The summed E-state index contributed by atoms with van der Waals surface area (Å²) >= 11 is 0. The summed E-state index contributed by atoms with van der Waals surface area (Å²) < 4.78 is 0. The quantitative estimate of drug-likeness (QED) is 0.264. The van der Waals surface area contributed by atoms with Crippen LogP contribution in [0.2, 0.25) is 0 Å². The Balaban J connectivity index is 2.12. The molecule has 0 bridgehead atoms. The molecule has 0 heterocycles. The Hall–Kier alpha value is -3.12. The molecule has 0 amide bonds. The standard InChI is InChI=1S/C24H6/c1-2-8-17-16(6-1)14-22-19-10-4-3-9-18(19)20-11-5-7-15-12-13-21(17)24(22)23(15)20/h1-2,9-12H. The van der Waals surface area contributed by atoms with Crippen LogP contribution in [-0.4, -0.2) is 0 Å². The summed E-state index contributed by atoms with van der Waals surface area (Å²) in [4.78, 5) is 0. The molecular formula is C24H6. The van der Waals surface area contributed by atoms with E-state index < -0.39 is 0 Å². The third kappa shape index (κ3) is 1.39. The van der Waals surface area contributed by atoms with Gasteiger partial charge in [-0.2, -0.15) is 0 Å². The van der Waals surface area contributed by atoms with Crippen molar-refractivity contribution < 1.29 is 0 Å². The van der Waals surface area contributed by atoms with Crippen LogP contribution in [0.25, 0.3) is 53.9 Å². The molecule has 0 aliphatic rings. The molecule has 0 saturated heterocycles. The van der Waals surface area contributed by atoms with Gasteiger partial charge in [-0.25, -0.2) is 0 Å². The highest BCUT2D eigenvalue weighted by Gasteiger charge is 2.15. The van der Waals surface area contributed by atoms with Crippen molar-refractivity contribution in [2.75, 3.05) is 0 Å². The molecule has 8 radical (unpaired) electrons. The van der Waals surface area contributed by atoms with Crippen LogP contribution in [0, 0.1) is 48.5 Å². The Labute approximate surface area is 139 Å². The largest absolute Gasteiger partial charge is 0.0531 e. The minimum atomic E-state index is 0.935. The average Bonchev–Trinajstić information content (AvgIpc) is 2.66. The highest BCUT2D eigenvalue weighted by Crippen LogP contribution is 2.42. The third-order valence-electron chi connectivity index (χ3n) is 4.73. The van der Waals surface area contributed by atoms with Crippen molar-refractivity contribution in [3.8, 4) is 0 Å².